The van der Waals surface area contributed by atoms with Gasteiger partial charge in [-0.2, -0.15) is 0 Å². The Balaban J connectivity index is 0.000000231. The summed E-state index contributed by atoms with van der Waals surface area (Å²) in [6.07, 6.45) is 7.77. The first-order valence-electron chi connectivity index (χ1n) is 8.52. The van der Waals surface area contributed by atoms with E-state index >= 15 is 0 Å². The number of ether oxygens (including phenoxy) is 2. The molecule has 23 heavy (non-hydrogen) atoms. The van der Waals surface area contributed by atoms with E-state index in [1.54, 1.807) is 6.92 Å². The summed E-state index contributed by atoms with van der Waals surface area (Å²) in [6, 6.07) is 0. The average Bonchev–Trinajstić information content (AvgIpc) is 2.98. The molecule has 0 aromatic carbocycles. The largest absolute Gasteiger partial charge is 0.460 e. The van der Waals surface area contributed by atoms with Gasteiger partial charge in [0.1, 0.15) is 6.61 Å². The second kappa shape index (κ2) is 9.24. The predicted octanol–water partition coefficient (Wildman–Crippen LogP) is 3.79. The summed E-state index contributed by atoms with van der Waals surface area (Å²) in [7, 11) is 0. The van der Waals surface area contributed by atoms with Crippen molar-refractivity contribution in [2.45, 2.75) is 71.5 Å². The second-order valence-corrected chi connectivity index (χ2v) is 7.19. The Labute approximate surface area is 140 Å². The minimum atomic E-state index is -0.489. The minimum Gasteiger partial charge on any atom is -0.460 e. The van der Waals surface area contributed by atoms with Crippen LogP contribution in [-0.2, 0) is 14.3 Å². The van der Waals surface area contributed by atoms with E-state index in [0.29, 0.717) is 18.1 Å². The molecular weight excluding hydrogens is 292 g/mol. The van der Waals surface area contributed by atoms with Crippen molar-refractivity contribution in [3.8, 4) is 0 Å². The van der Waals surface area contributed by atoms with E-state index in [1.165, 1.54) is 5.57 Å². The number of hydrogen-bond donors (Lipinski definition) is 1. The van der Waals surface area contributed by atoms with E-state index in [1.807, 2.05) is 13.8 Å². The first-order chi connectivity index (χ1) is 10.7. The van der Waals surface area contributed by atoms with Gasteiger partial charge in [0, 0.05) is 12.2 Å². The monoisotopic (exact) mass is 324 g/mol. The Morgan fingerprint density at radius 1 is 1.48 bits per heavy atom. The lowest BCUT2D eigenvalue weighted by Gasteiger charge is -2.31. The van der Waals surface area contributed by atoms with E-state index < -0.39 is 5.60 Å². The van der Waals surface area contributed by atoms with Gasteiger partial charge in [-0.1, -0.05) is 18.2 Å². The maximum absolute atomic E-state index is 10.9. The zero-order chi connectivity index (χ0) is 17.5. The molecule has 1 heterocycles. The van der Waals surface area contributed by atoms with Crippen LogP contribution in [0.5, 0.6) is 0 Å². The summed E-state index contributed by atoms with van der Waals surface area (Å²) >= 11 is 0. The third kappa shape index (κ3) is 7.80. The van der Waals surface area contributed by atoms with Crippen molar-refractivity contribution in [2.75, 3.05) is 13.2 Å². The molecule has 2 aliphatic rings. The van der Waals surface area contributed by atoms with Crippen LogP contribution in [0.25, 0.3) is 0 Å². The van der Waals surface area contributed by atoms with Gasteiger partial charge in [0.05, 0.1) is 11.7 Å². The lowest BCUT2D eigenvalue weighted by Crippen LogP contribution is -2.31. The zero-order valence-electron chi connectivity index (χ0n) is 15.1. The molecule has 0 spiro atoms. The van der Waals surface area contributed by atoms with Gasteiger partial charge in [0.25, 0.3) is 0 Å². The molecule has 4 heteroatoms. The van der Waals surface area contributed by atoms with Crippen LogP contribution in [0.2, 0.25) is 0 Å². The molecule has 4 nitrogen and oxygen atoms in total. The Bertz CT molecular complexity index is 425. The molecule has 0 aromatic rings. The highest BCUT2D eigenvalue weighted by atomic mass is 16.6. The predicted molar refractivity (Wildman–Crippen MR) is 92.1 cm³/mol. The standard InChI is InChI=1S/C10H18O.C9H14O3/c1-8-4-6-9(7-5-8)10(2,3)11;1-7(2)9(10)12-6-8-4-3-5-11-8/h4,9,11H,5-7H2,1-3H3;8H,1,3-6H2,2H3/t9-;/m0./s1. The Morgan fingerprint density at radius 3 is 2.61 bits per heavy atom. The Morgan fingerprint density at radius 2 is 2.17 bits per heavy atom. The van der Waals surface area contributed by atoms with Crippen molar-refractivity contribution in [2.24, 2.45) is 5.92 Å². The fourth-order valence-corrected chi connectivity index (χ4v) is 2.67. The van der Waals surface area contributed by atoms with Crippen LogP contribution in [0.3, 0.4) is 0 Å². The van der Waals surface area contributed by atoms with Crippen LogP contribution < -0.4 is 0 Å². The summed E-state index contributed by atoms with van der Waals surface area (Å²) < 4.78 is 10.2. The maximum Gasteiger partial charge on any atom is 0.333 e. The highest BCUT2D eigenvalue weighted by Crippen LogP contribution is 2.31. The fourth-order valence-electron chi connectivity index (χ4n) is 2.67. The number of carbonyl (C=O) groups excluding carboxylic acids is 1. The molecular formula is C19H32O4. The molecule has 1 aliphatic heterocycles. The topological polar surface area (TPSA) is 55.8 Å². The highest BCUT2D eigenvalue weighted by molar-refractivity contribution is 5.86. The molecule has 132 valence electrons. The van der Waals surface area contributed by atoms with E-state index in [-0.39, 0.29) is 12.1 Å². The van der Waals surface area contributed by atoms with Crippen LogP contribution in [-0.4, -0.2) is 36.0 Å². The van der Waals surface area contributed by atoms with Crippen LogP contribution in [0.15, 0.2) is 23.8 Å². The van der Waals surface area contributed by atoms with Crippen molar-refractivity contribution in [3.05, 3.63) is 23.8 Å². The normalized spacial score (nSPS) is 24.3. The molecule has 0 saturated carbocycles. The van der Waals surface area contributed by atoms with E-state index in [0.717, 1.165) is 38.7 Å². The van der Waals surface area contributed by atoms with Crippen molar-refractivity contribution >= 4 is 5.97 Å². The molecule has 0 amide bonds. The van der Waals surface area contributed by atoms with E-state index in [9.17, 15) is 9.90 Å². The SMILES string of the molecule is C=C(C)C(=O)OCC1CCCO1.CC1=CC[C@H](C(C)(C)O)CC1. The Kier molecular flexibility index (Phi) is 8.00. The van der Waals surface area contributed by atoms with Gasteiger partial charge < -0.3 is 14.6 Å². The van der Waals surface area contributed by atoms with Gasteiger partial charge in [-0.15, -0.1) is 0 Å². The van der Waals surface area contributed by atoms with E-state index in [4.69, 9.17) is 9.47 Å². The third-order valence-corrected chi connectivity index (χ3v) is 4.41. The number of rotatable bonds is 4. The van der Waals surface area contributed by atoms with Crippen molar-refractivity contribution < 1.29 is 19.4 Å². The number of aliphatic hydroxyl groups is 1. The van der Waals surface area contributed by atoms with Gasteiger partial charge in [0.2, 0.25) is 0 Å². The van der Waals surface area contributed by atoms with Gasteiger partial charge in [-0.05, 0) is 65.7 Å². The molecule has 1 aliphatic carbocycles. The minimum absolute atomic E-state index is 0.105. The van der Waals surface area contributed by atoms with E-state index in [2.05, 4.69) is 19.6 Å². The Hall–Kier alpha value is -1.13. The molecule has 1 saturated heterocycles. The molecule has 0 aromatic heterocycles. The van der Waals surface area contributed by atoms with Gasteiger partial charge >= 0.3 is 5.97 Å². The van der Waals surface area contributed by atoms with Gasteiger partial charge in [0.15, 0.2) is 0 Å². The van der Waals surface area contributed by atoms with Crippen LogP contribution >= 0.6 is 0 Å². The summed E-state index contributed by atoms with van der Waals surface area (Å²) in [5.74, 6) is 0.136. The van der Waals surface area contributed by atoms with Crippen LogP contribution in [0, 0.1) is 5.92 Å². The second-order valence-electron chi connectivity index (χ2n) is 7.19. The average molecular weight is 324 g/mol. The maximum atomic E-state index is 10.9. The molecule has 1 N–H and O–H groups in total. The smallest absolute Gasteiger partial charge is 0.333 e. The molecule has 0 radical (unpaired) electrons. The number of hydrogen-bond acceptors (Lipinski definition) is 4. The van der Waals surface area contributed by atoms with Crippen molar-refractivity contribution in [1.29, 1.82) is 0 Å². The zero-order valence-corrected chi connectivity index (χ0v) is 15.1. The molecule has 0 bridgehead atoms. The van der Waals surface area contributed by atoms with Crippen LogP contribution in [0.1, 0.15) is 59.8 Å². The quantitative estimate of drug-likeness (QED) is 0.486. The van der Waals surface area contributed by atoms with Gasteiger partial charge in [-0.25, -0.2) is 4.79 Å². The van der Waals surface area contributed by atoms with Crippen molar-refractivity contribution in [3.63, 3.8) is 0 Å². The highest BCUT2D eigenvalue weighted by Gasteiger charge is 2.27. The third-order valence-electron chi connectivity index (χ3n) is 4.41. The number of esters is 1. The lowest BCUT2D eigenvalue weighted by molar-refractivity contribution is -0.142. The fraction of sp³-hybridized carbons (Fsp3) is 0.737. The molecule has 2 atom stereocenters. The first kappa shape index (κ1) is 19.9. The summed E-state index contributed by atoms with van der Waals surface area (Å²) in [4.78, 5) is 10.9. The summed E-state index contributed by atoms with van der Waals surface area (Å²) in [6.45, 7) is 12.3. The molecule has 1 unspecified atom stereocenters. The summed E-state index contributed by atoms with van der Waals surface area (Å²) in [5, 5.41) is 9.70. The number of allylic oxidation sites excluding steroid dienone is 2. The lowest BCUT2D eigenvalue weighted by atomic mass is 9.80. The first-order valence-corrected chi connectivity index (χ1v) is 8.52. The van der Waals surface area contributed by atoms with Gasteiger partial charge in [-0.3, -0.25) is 0 Å². The van der Waals surface area contributed by atoms with Crippen molar-refractivity contribution in [1.82, 2.24) is 0 Å². The van der Waals surface area contributed by atoms with Crippen LogP contribution in [0.4, 0.5) is 0 Å². The number of carbonyl (C=O) groups is 1. The molecule has 2 rings (SSSR count). The molecule has 1 fully saturated rings. The summed E-state index contributed by atoms with van der Waals surface area (Å²) in [5.41, 5.74) is 1.43.